The van der Waals surface area contributed by atoms with Crippen molar-refractivity contribution >= 4 is 16.9 Å². The third-order valence-electron chi connectivity index (χ3n) is 4.26. The maximum absolute atomic E-state index is 12.5. The predicted molar refractivity (Wildman–Crippen MR) is 76.0 cm³/mol. The SMILES string of the molecule is O=C(c1cc2ccccc2o1)N1CCC2(CC1)OCCO2. The molecule has 21 heavy (non-hydrogen) atoms. The molecule has 0 atom stereocenters. The van der Waals surface area contributed by atoms with Crippen LogP contribution in [-0.4, -0.2) is 42.9 Å². The Balaban J connectivity index is 1.50. The van der Waals surface area contributed by atoms with Crippen molar-refractivity contribution in [1.29, 1.82) is 0 Å². The Hall–Kier alpha value is -1.85. The molecule has 5 nitrogen and oxygen atoms in total. The van der Waals surface area contributed by atoms with Gasteiger partial charge in [-0.1, -0.05) is 18.2 Å². The van der Waals surface area contributed by atoms with Gasteiger partial charge in [-0.3, -0.25) is 4.79 Å². The predicted octanol–water partition coefficient (Wildman–Crippen LogP) is 2.41. The van der Waals surface area contributed by atoms with Crippen molar-refractivity contribution in [3.8, 4) is 0 Å². The standard InChI is InChI=1S/C16H17NO4/c18-15(14-11-12-3-1-2-4-13(12)21-14)17-7-5-16(6-8-17)19-9-10-20-16/h1-4,11H,5-10H2. The van der Waals surface area contributed by atoms with E-state index in [1.807, 2.05) is 35.2 Å². The Morgan fingerprint density at radius 3 is 2.52 bits per heavy atom. The molecule has 5 heteroatoms. The summed E-state index contributed by atoms with van der Waals surface area (Å²) in [4.78, 5) is 14.3. The molecule has 110 valence electrons. The van der Waals surface area contributed by atoms with Crippen molar-refractivity contribution < 1.29 is 18.7 Å². The molecule has 1 aromatic heterocycles. The van der Waals surface area contributed by atoms with Crippen molar-refractivity contribution in [1.82, 2.24) is 4.90 Å². The summed E-state index contributed by atoms with van der Waals surface area (Å²) in [7, 11) is 0. The molecule has 0 N–H and O–H groups in total. The lowest BCUT2D eigenvalue weighted by Crippen LogP contribution is -2.47. The van der Waals surface area contributed by atoms with Gasteiger partial charge in [0.2, 0.25) is 0 Å². The largest absolute Gasteiger partial charge is 0.451 e. The molecule has 0 bridgehead atoms. The minimum Gasteiger partial charge on any atom is -0.451 e. The summed E-state index contributed by atoms with van der Waals surface area (Å²) in [6.07, 6.45) is 1.44. The molecule has 2 fully saturated rings. The monoisotopic (exact) mass is 287 g/mol. The van der Waals surface area contributed by atoms with E-state index in [9.17, 15) is 4.79 Å². The number of carbonyl (C=O) groups is 1. The normalized spacial score (nSPS) is 21.2. The number of benzene rings is 1. The summed E-state index contributed by atoms with van der Waals surface area (Å²) in [6, 6.07) is 9.47. The Kier molecular flexibility index (Phi) is 2.97. The van der Waals surface area contributed by atoms with Crippen molar-refractivity contribution in [2.45, 2.75) is 18.6 Å². The Morgan fingerprint density at radius 1 is 1.10 bits per heavy atom. The first-order valence-corrected chi connectivity index (χ1v) is 7.32. The number of nitrogens with zero attached hydrogens (tertiary/aromatic N) is 1. The zero-order chi connectivity index (χ0) is 14.3. The van der Waals surface area contributed by atoms with E-state index in [0.29, 0.717) is 32.1 Å². The van der Waals surface area contributed by atoms with Gasteiger partial charge in [0, 0.05) is 31.3 Å². The first-order valence-electron chi connectivity index (χ1n) is 7.32. The molecule has 4 rings (SSSR count). The van der Waals surface area contributed by atoms with Crippen LogP contribution >= 0.6 is 0 Å². The van der Waals surface area contributed by atoms with E-state index in [1.54, 1.807) is 0 Å². The molecule has 0 aliphatic carbocycles. The van der Waals surface area contributed by atoms with Crippen LogP contribution in [-0.2, 0) is 9.47 Å². The Labute approximate surface area is 122 Å². The van der Waals surface area contributed by atoms with Gasteiger partial charge in [0.25, 0.3) is 5.91 Å². The van der Waals surface area contributed by atoms with Crippen LogP contribution in [0.4, 0.5) is 0 Å². The quantitative estimate of drug-likeness (QED) is 0.808. The van der Waals surface area contributed by atoms with Gasteiger partial charge in [0.1, 0.15) is 5.58 Å². The van der Waals surface area contributed by atoms with Crippen LogP contribution < -0.4 is 0 Å². The second-order valence-electron chi connectivity index (χ2n) is 5.55. The first kappa shape index (κ1) is 12.9. The molecular weight excluding hydrogens is 270 g/mol. The van der Waals surface area contributed by atoms with E-state index in [4.69, 9.17) is 13.9 Å². The number of furan rings is 1. The number of fused-ring (bicyclic) bond motifs is 1. The van der Waals surface area contributed by atoms with E-state index in [-0.39, 0.29) is 5.91 Å². The second kappa shape index (κ2) is 4.86. The average molecular weight is 287 g/mol. The van der Waals surface area contributed by atoms with Crippen molar-refractivity contribution in [2.75, 3.05) is 26.3 Å². The smallest absolute Gasteiger partial charge is 0.289 e. The maximum atomic E-state index is 12.5. The van der Waals surface area contributed by atoms with E-state index in [2.05, 4.69) is 0 Å². The van der Waals surface area contributed by atoms with Gasteiger partial charge < -0.3 is 18.8 Å². The highest BCUT2D eigenvalue weighted by Gasteiger charge is 2.41. The van der Waals surface area contributed by atoms with Crippen LogP contribution in [0.3, 0.4) is 0 Å². The van der Waals surface area contributed by atoms with E-state index < -0.39 is 5.79 Å². The zero-order valence-corrected chi connectivity index (χ0v) is 11.7. The number of carbonyl (C=O) groups excluding carboxylic acids is 1. The molecule has 1 aromatic carbocycles. The summed E-state index contributed by atoms with van der Waals surface area (Å²) in [5.74, 6) is -0.107. The topological polar surface area (TPSA) is 51.9 Å². The fourth-order valence-electron chi connectivity index (χ4n) is 3.08. The molecule has 2 saturated heterocycles. The fraction of sp³-hybridized carbons (Fsp3) is 0.438. The average Bonchev–Trinajstić information content (AvgIpc) is 3.14. The Bertz CT molecular complexity index is 629. The van der Waals surface area contributed by atoms with E-state index >= 15 is 0 Å². The summed E-state index contributed by atoms with van der Waals surface area (Å²) in [6.45, 7) is 2.57. The molecule has 0 radical (unpaired) electrons. The van der Waals surface area contributed by atoms with E-state index in [0.717, 1.165) is 23.8 Å². The van der Waals surface area contributed by atoms with Crippen LogP contribution in [0.5, 0.6) is 0 Å². The van der Waals surface area contributed by atoms with Gasteiger partial charge in [-0.15, -0.1) is 0 Å². The number of likely N-dealkylation sites (tertiary alicyclic amines) is 1. The van der Waals surface area contributed by atoms with Gasteiger partial charge in [0.05, 0.1) is 13.2 Å². The molecule has 1 amide bonds. The molecule has 2 aromatic rings. The molecule has 0 unspecified atom stereocenters. The molecule has 2 aliphatic heterocycles. The molecule has 1 spiro atoms. The van der Waals surface area contributed by atoms with Crippen molar-refractivity contribution in [3.63, 3.8) is 0 Å². The number of piperidine rings is 1. The van der Waals surface area contributed by atoms with Crippen molar-refractivity contribution in [3.05, 3.63) is 36.1 Å². The lowest BCUT2D eigenvalue weighted by molar-refractivity contribution is -0.181. The lowest BCUT2D eigenvalue weighted by Gasteiger charge is -2.37. The fourth-order valence-corrected chi connectivity index (χ4v) is 3.08. The Morgan fingerprint density at radius 2 is 1.81 bits per heavy atom. The van der Waals surface area contributed by atoms with Gasteiger partial charge in [-0.05, 0) is 12.1 Å². The highest BCUT2D eigenvalue weighted by atomic mass is 16.7. The highest BCUT2D eigenvalue weighted by molar-refractivity contribution is 5.96. The number of hydrogen-bond donors (Lipinski definition) is 0. The van der Waals surface area contributed by atoms with Crippen LogP contribution in [0.1, 0.15) is 23.4 Å². The molecule has 0 saturated carbocycles. The lowest BCUT2D eigenvalue weighted by atomic mass is 10.0. The van der Waals surface area contributed by atoms with Crippen molar-refractivity contribution in [2.24, 2.45) is 0 Å². The minimum absolute atomic E-state index is 0.0564. The number of hydrogen-bond acceptors (Lipinski definition) is 4. The van der Waals surface area contributed by atoms with Gasteiger partial charge in [-0.2, -0.15) is 0 Å². The molecule has 2 aliphatic rings. The summed E-state index contributed by atoms with van der Waals surface area (Å²) in [5.41, 5.74) is 0.747. The van der Waals surface area contributed by atoms with Crippen LogP contribution in [0, 0.1) is 0 Å². The highest BCUT2D eigenvalue weighted by Crippen LogP contribution is 2.32. The van der Waals surface area contributed by atoms with Crippen LogP contribution in [0.2, 0.25) is 0 Å². The van der Waals surface area contributed by atoms with Gasteiger partial charge in [0.15, 0.2) is 11.5 Å². The second-order valence-corrected chi connectivity index (χ2v) is 5.55. The number of para-hydroxylation sites is 1. The summed E-state index contributed by atoms with van der Waals surface area (Å²) in [5, 5.41) is 0.955. The minimum atomic E-state index is -0.454. The maximum Gasteiger partial charge on any atom is 0.289 e. The third-order valence-corrected chi connectivity index (χ3v) is 4.26. The van der Waals surface area contributed by atoms with Crippen LogP contribution in [0.15, 0.2) is 34.7 Å². The first-order chi connectivity index (χ1) is 10.3. The zero-order valence-electron chi connectivity index (χ0n) is 11.7. The third kappa shape index (κ3) is 2.22. The molecular formula is C16H17NO4. The van der Waals surface area contributed by atoms with Crippen LogP contribution in [0.25, 0.3) is 11.0 Å². The van der Waals surface area contributed by atoms with Gasteiger partial charge in [-0.25, -0.2) is 0 Å². The van der Waals surface area contributed by atoms with Gasteiger partial charge >= 0.3 is 0 Å². The summed E-state index contributed by atoms with van der Waals surface area (Å²) < 4.78 is 17.0. The van der Waals surface area contributed by atoms with E-state index in [1.165, 1.54) is 0 Å². The number of rotatable bonds is 1. The number of amides is 1. The molecule has 3 heterocycles. The number of ether oxygens (including phenoxy) is 2. The summed E-state index contributed by atoms with van der Waals surface area (Å²) >= 11 is 0.